The fraction of sp³-hybridized carbons (Fsp3) is 0.857. The lowest BCUT2D eigenvalue weighted by Crippen LogP contribution is -2.42. The van der Waals surface area contributed by atoms with Crippen LogP contribution in [-0.4, -0.2) is 40.7 Å². The highest BCUT2D eigenvalue weighted by atomic mass is 35.5. The molecule has 1 saturated carbocycles. The first-order chi connectivity index (χ1) is 9.33. The van der Waals surface area contributed by atoms with Gasteiger partial charge in [0.1, 0.15) is 0 Å². The monoisotopic (exact) mass is 300 g/mol. The number of nitrogens with one attached hydrogen (secondary N) is 1. The molecule has 0 radical (unpaired) electrons. The minimum absolute atomic E-state index is 0. The van der Waals surface area contributed by atoms with Gasteiger partial charge in [0.15, 0.2) is 5.82 Å². The minimum atomic E-state index is 0. The number of hydrogen-bond donors (Lipinski definition) is 1. The molecule has 1 N–H and O–H groups in total. The van der Waals surface area contributed by atoms with Gasteiger partial charge in [-0.05, 0) is 38.1 Å². The SMILES string of the molecule is CCc1nc(CN2CCC(NCC3CC3)CC2)no1.Cl. The maximum absolute atomic E-state index is 5.15. The fourth-order valence-electron chi connectivity index (χ4n) is 2.65. The maximum Gasteiger partial charge on any atom is 0.226 e. The first-order valence-electron chi connectivity index (χ1n) is 7.60. The van der Waals surface area contributed by atoms with E-state index in [2.05, 4.69) is 20.4 Å². The van der Waals surface area contributed by atoms with Crippen molar-refractivity contribution in [2.45, 2.75) is 51.6 Å². The highest BCUT2D eigenvalue weighted by molar-refractivity contribution is 5.85. The van der Waals surface area contributed by atoms with E-state index in [1.54, 1.807) is 0 Å². The second-order valence-corrected chi connectivity index (χ2v) is 5.86. The second kappa shape index (κ2) is 7.38. The zero-order valence-electron chi connectivity index (χ0n) is 12.2. The fourth-order valence-corrected chi connectivity index (χ4v) is 2.65. The lowest BCUT2D eigenvalue weighted by atomic mass is 10.0. The van der Waals surface area contributed by atoms with Gasteiger partial charge >= 0.3 is 0 Å². The van der Waals surface area contributed by atoms with Gasteiger partial charge in [-0.15, -0.1) is 12.4 Å². The second-order valence-electron chi connectivity index (χ2n) is 5.86. The summed E-state index contributed by atoms with van der Waals surface area (Å²) >= 11 is 0. The zero-order chi connectivity index (χ0) is 13.1. The van der Waals surface area contributed by atoms with Crippen molar-refractivity contribution in [3.05, 3.63) is 11.7 Å². The highest BCUT2D eigenvalue weighted by Crippen LogP contribution is 2.28. The van der Waals surface area contributed by atoms with E-state index in [-0.39, 0.29) is 12.4 Å². The van der Waals surface area contributed by atoms with E-state index in [9.17, 15) is 0 Å². The number of likely N-dealkylation sites (tertiary alicyclic amines) is 1. The van der Waals surface area contributed by atoms with Crippen LogP contribution in [0.25, 0.3) is 0 Å². The van der Waals surface area contributed by atoms with E-state index in [0.29, 0.717) is 6.04 Å². The van der Waals surface area contributed by atoms with Crippen LogP contribution in [0.4, 0.5) is 0 Å². The predicted molar refractivity (Wildman–Crippen MR) is 79.9 cm³/mol. The van der Waals surface area contributed by atoms with Crippen molar-refractivity contribution in [3.63, 3.8) is 0 Å². The Hall–Kier alpha value is -0.650. The van der Waals surface area contributed by atoms with E-state index >= 15 is 0 Å². The van der Waals surface area contributed by atoms with Gasteiger partial charge in [-0.3, -0.25) is 4.90 Å². The molecule has 5 nitrogen and oxygen atoms in total. The Balaban J connectivity index is 0.00000147. The third kappa shape index (κ3) is 4.43. The summed E-state index contributed by atoms with van der Waals surface area (Å²) in [6.45, 7) is 6.37. The summed E-state index contributed by atoms with van der Waals surface area (Å²) in [7, 11) is 0. The summed E-state index contributed by atoms with van der Waals surface area (Å²) in [6, 6.07) is 0.716. The molecule has 6 heteroatoms. The number of piperidine rings is 1. The van der Waals surface area contributed by atoms with Gasteiger partial charge in [-0.25, -0.2) is 0 Å². The maximum atomic E-state index is 5.15. The minimum Gasteiger partial charge on any atom is -0.339 e. The number of rotatable bonds is 6. The van der Waals surface area contributed by atoms with Gasteiger partial charge in [0, 0.05) is 25.6 Å². The third-order valence-corrected chi connectivity index (χ3v) is 4.16. The zero-order valence-corrected chi connectivity index (χ0v) is 13.0. The molecule has 1 aromatic rings. The molecule has 2 fully saturated rings. The summed E-state index contributed by atoms with van der Waals surface area (Å²) in [5.41, 5.74) is 0. The van der Waals surface area contributed by atoms with Crippen molar-refractivity contribution < 1.29 is 4.52 Å². The molecule has 0 aromatic carbocycles. The van der Waals surface area contributed by atoms with E-state index < -0.39 is 0 Å². The van der Waals surface area contributed by atoms with Crippen molar-refractivity contribution >= 4 is 12.4 Å². The molecule has 0 unspecified atom stereocenters. The molecule has 1 aliphatic heterocycles. The number of aryl methyl sites for hydroxylation is 1. The van der Waals surface area contributed by atoms with Crippen LogP contribution in [0.3, 0.4) is 0 Å². The molecule has 2 aliphatic rings. The van der Waals surface area contributed by atoms with Gasteiger partial charge in [-0.2, -0.15) is 4.98 Å². The van der Waals surface area contributed by atoms with E-state index in [1.165, 1.54) is 32.2 Å². The molecular weight excluding hydrogens is 276 g/mol. The summed E-state index contributed by atoms with van der Waals surface area (Å²) in [5, 5.41) is 7.73. The lowest BCUT2D eigenvalue weighted by Gasteiger charge is -2.31. The Morgan fingerprint density at radius 3 is 2.60 bits per heavy atom. The molecule has 0 spiro atoms. The largest absolute Gasteiger partial charge is 0.339 e. The Morgan fingerprint density at radius 2 is 2.00 bits per heavy atom. The smallest absolute Gasteiger partial charge is 0.226 e. The third-order valence-electron chi connectivity index (χ3n) is 4.16. The van der Waals surface area contributed by atoms with Crippen LogP contribution >= 0.6 is 12.4 Å². The molecule has 1 saturated heterocycles. The van der Waals surface area contributed by atoms with Crippen LogP contribution in [0.5, 0.6) is 0 Å². The molecule has 0 amide bonds. The van der Waals surface area contributed by atoms with Crippen LogP contribution in [0, 0.1) is 5.92 Å². The van der Waals surface area contributed by atoms with Gasteiger partial charge in [0.2, 0.25) is 5.89 Å². The number of hydrogen-bond acceptors (Lipinski definition) is 5. The first kappa shape index (κ1) is 15.7. The Morgan fingerprint density at radius 1 is 1.25 bits per heavy atom. The highest BCUT2D eigenvalue weighted by Gasteiger charge is 2.24. The van der Waals surface area contributed by atoms with Crippen molar-refractivity contribution in [3.8, 4) is 0 Å². The van der Waals surface area contributed by atoms with Crippen LogP contribution in [0.15, 0.2) is 4.52 Å². The normalized spacial score (nSPS) is 20.9. The van der Waals surface area contributed by atoms with Crippen LogP contribution in [0.1, 0.15) is 44.3 Å². The Kier molecular flexibility index (Phi) is 5.81. The molecule has 20 heavy (non-hydrogen) atoms. The quantitative estimate of drug-likeness (QED) is 0.871. The average Bonchev–Trinajstić information content (AvgIpc) is 3.17. The number of halogens is 1. The molecular formula is C14H25ClN4O. The number of aromatic nitrogens is 2. The molecule has 3 rings (SSSR count). The molecule has 0 atom stereocenters. The molecule has 1 aromatic heterocycles. The Labute approximate surface area is 126 Å². The Bertz CT molecular complexity index is 400. The van der Waals surface area contributed by atoms with E-state index in [1.807, 2.05) is 6.92 Å². The molecule has 0 bridgehead atoms. The van der Waals surface area contributed by atoms with Crippen LogP contribution in [-0.2, 0) is 13.0 Å². The van der Waals surface area contributed by atoms with Crippen molar-refractivity contribution in [1.29, 1.82) is 0 Å². The summed E-state index contributed by atoms with van der Waals surface area (Å²) < 4.78 is 5.15. The van der Waals surface area contributed by atoms with Crippen molar-refractivity contribution in [2.24, 2.45) is 5.92 Å². The topological polar surface area (TPSA) is 54.2 Å². The molecule has 114 valence electrons. The van der Waals surface area contributed by atoms with Crippen molar-refractivity contribution in [2.75, 3.05) is 19.6 Å². The first-order valence-corrected chi connectivity index (χ1v) is 7.60. The number of nitrogens with zero attached hydrogens (tertiary/aromatic N) is 3. The molecule has 1 aliphatic carbocycles. The van der Waals surface area contributed by atoms with Crippen LogP contribution < -0.4 is 5.32 Å². The van der Waals surface area contributed by atoms with Crippen LogP contribution in [0.2, 0.25) is 0 Å². The van der Waals surface area contributed by atoms with Gasteiger partial charge in [0.25, 0.3) is 0 Å². The standard InChI is InChI=1S/C14H24N4O.ClH/c1-2-14-16-13(17-19-14)10-18-7-5-12(6-8-18)15-9-11-3-4-11;/h11-12,15H,2-10H2,1H3;1H. The summed E-state index contributed by atoms with van der Waals surface area (Å²) in [6.07, 6.45) is 6.17. The lowest BCUT2D eigenvalue weighted by molar-refractivity contribution is 0.184. The van der Waals surface area contributed by atoms with Gasteiger partial charge in [0.05, 0.1) is 6.54 Å². The average molecular weight is 301 g/mol. The van der Waals surface area contributed by atoms with E-state index in [4.69, 9.17) is 4.52 Å². The predicted octanol–water partition coefficient (Wildman–Crippen LogP) is 2.02. The van der Waals surface area contributed by atoms with Gasteiger partial charge in [-0.1, -0.05) is 12.1 Å². The van der Waals surface area contributed by atoms with Gasteiger partial charge < -0.3 is 9.84 Å². The van der Waals surface area contributed by atoms with E-state index in [0.717, 1.165) is 43.7 Å². The summed E-state index contributed by atoms with van der Waals surface area (Å²) in [4.78, 5) is 6.80. The molecule has 2 heterocycles. The summed E-state index contributed by atoms with van der Waals surface area (Å²) in [5.74, 6) is 2.56. The van der Waals surface area contributed by atoms with Crippen molar-refractivity contribution in [1.82, 2.24) is 20.4 Å².